The Balaban J connectivity index is 1.57. The number of halogens is 8. The van der Waals surface area contributed by atoms with Gasteiger partial charge in [-0.3, -0.25) is 14.4 Å². The van der Waals surface area contributed by atoms with Gasteiger partial charge in [0, 0.05) is 35.6 Å². The lowest BCUT2D eigenvalue weighted by atomic mass is 9.97. The minimum absolute atomic E-state index is 0.0143. The third kappa shape index (κ3) is 6.13. The first-order valence-corrected chi connectivity index (χ1v) is 14.0. The molecule has 12 heteroatoms. The first-order chi connectivity index (χ1) is 18.6. The lowest BCUT2D eigenvalue weighted by Gasteiger charge is -2.13. The molecule has 0 unspecified atom stereocenters. The quantitative estimate of drug-likeness (QED) is 0.148. The standard InChI is InChI=1S/C28H19Cl6F2NO3/c1-11-5-15(37-27(40)23-22(28(23,33)34)14-7-18(29)25(32)19(30)8-14)10-17(24(11)31)21(39)9-13-3-4-20(35)16(26(13)36)6-12(2)38/h3-5,7-8,10,22-23H,6,9H2,1-2H3,(H,37,40)/t22-,23+/m0/s1. The Morgan fingerprint density at radius 1 is 0.925 bits per heavy atom. The summed E-state index contributed by atoms with van der Waals surface area (Å²) in [5.41, 5.74) is 0.730. The normalized spacial score (nSPS) is 17.4. The minimum Gasteiger partial charge on any atom is -0.326 e. The molecule has 1 saturated carbocycles. The number of Topliss-reactive ketones (excluding diaryl/α,β-unsaturated/α-hetero) is 2. The highest BCUT2D eigenvalue weighted by Crippen LogP contribution is 2.65. The molecular formula is C28H19Cl6F2NO3. The predicted molar refractivity (Wildman–Crippen MR) is 156 cm³/mol. The van der Waals surface area contributed by atoms with Crippen molar-refractivity contribution in [3.05, 3.63) is 95.9 Å². The van der Waals surface area contributed by atoms with E-state index in [1.165, 1.54) is 25.1 Å². The van der Waals surface area contributed by atoms with Gasteiger partial charge < -0.3 is 5.32 Å². The second-order valence-corrected chi connectivity index (χ2v) is 12.6. The van der Waals surface area contributed by atoms with Crippen molar-refractivity contribution in [3.63, 3.8) is 0 Å². The van der Waals surface area contributed by atoms with Gasteiger partial charge in [-0.1, -0.05) is 52.5 Å². The van der Waals surface area contributed by atoms with E-state index in [1.807, 2.05) is 0 Å². The SMILES string of the molecule is CC(=O)Cc1c(F)ccc(CC(=O)c2cc(NC(=O)[C@H]3[C@H](c4cc(Cl)c(Cl)c(Cl)c4)C3(Cl)Cl)cc(C)c2Cl)c1F. The fourth-order valence-electron chi connectivity index (χ4n) is 4.55. The highest BCUT2D eigenvalue weighted by Gasteiger charge is 2.67. The molecule has 0 aromatic heterocycles. The van der Waals surface area contributed by atoms with Crippen molar-refractivity contribution in [2.45, 2.75) is 36.9 Å². The average molecular weight is 668 g/mol. The van der Waals surface area contributed by atoms with E-state index in [-0.39, 0.29) is 36.9 Å². The molecule has 210 valence electrons. The molecular weight excluding hydrogens is 649 g/mol. The van der Waals surface area contributed by atoms with E-state index >= 15 is 0 Å². The number of nitrogens with one attached hydrogen (secondary N) is 1. The molecule has 4 nitrogen and oxygen atoms in total. The lowest BCUT2D eigenvalue weighted by Crippen LogP contribution is -2.18. The molecule has 4 rings (SSSR count). The molecule has 1 N–H and O–H groups in total. The molecule has 3 aromatic rings. The summed E-state index contributed by atoms with van der Waals surface area (Å²) < 4.78 is 27.6. The van der Waals surface area contributed by atoms with Crippen LogP contribution in [0.25, 0.3) is 0 Å². The van der Waals surface area contributed by atoms with E-state index < -0.39 is 63.7 Å². The molecule has 0 saturated heterocycles. The first kappa shape index (κ1) is 31.0. The molecule has 40 heavy (non-hydrogen) atoms. The van der Waals surface area contributed by atoms with Crippen LogP contribution in [0.1, 0.15) is 45.5 Å². The van der Waals surface area contributed by atoms with Crippen molar-refractivity contribution >= 4 is 92.8 Å². The number of alkyl halides is 2. The van der Waals surface area contributed by atoms with Crippen LogP contribution in [0.2, 0.25) is 20.1 Å². The van der Waals surface area contributed by atoms with E-state index in [0.717, 1.165) is 12.1 Å². The molecule has 1 amide bonds. The second kappa shape index (κ2) is 11.7. The van der Waals surface area contributed by atoms with Gasteiger partial charge in [0.2, 0.25) is 5.91 Å². The predicted octanol–water partition coefficient (Wildman–Crippen LogP) is 8.97. The van der Waals surface area contributed by atoms with Crippen molar-refractivity contribution in [2.24, 2.45) is 5.92 Å². The molecule has 0 spiro atoms. The van der Waals surface area contributed by atoms with Crippen molar-refractivity contribution in [1.82, 2.24) is 0 Å². The zero-order valence-corrected chi connectivity index (χ0v) is 25.3. The van der Waals surface area contributed by atoms with Crippen LogP contribution in [0.5, 0.6) is 0 Å². The fraction of sp³-hybridized carbons (Fsp3) is 0.250. The van der Waals surface area contributed by atoms with Crippen LogP contribution < -0.4 is 5.32 Å². The third-order valence-corrected chi connectivity index (χ3v) is 9.21. The maximum Gasteiger partial charge on any atom is 0.231 e. The summed E-state index contributed by atoms with van der Waals surface area (Å²) >= 11 is 37.5. The van der Waals surface area contributed by atoms with Gasteiger partial charge in [0.15, 0.2) is 5.78 Å². The second-order valence-electron chi connectivity index (χ2n) is 9.55. The van der Waals surface area contributed by atoms with E-state index in [1.54, 1.807) is 13.0 Å². The van der Waals surface area contributed by atoms with Crippen LogP contribution in [0.3, 0.4) is 0 Å². The number of benzene rings is 3. The topological polar surface area (TPSA) is 63.2 Å². The summed E-state index contributed by atoms with van der Waals surface area (Å²) in [6.07, 6.45) is -0.900. The summed E-state index contributed by atoms with van der Waals surface area (Å²) in [7, 11) is 0. The number of anilines is 1. The summed E-state index contributed by atoms with van der Waals surface area (Å²) in [6, 6.07) is 8.12. The Morgan fingerprint density at radius 2 is 1.55 bits per heavy atom. The Kier molecular flexibility index (Phi) is 9.11. The lowest BCUT2D eigenvalue weighted by molar-refractivity contribution is -0.117. The minimum atomic E-state index is -1.46. The number of carbonyl (C=O) groups is 3. The largest absolute Gasteiger partial charge is 0.326 e. The average Bonchev–Trinajstić information content (AvgIpc) is 3.45. The van der Waals surface area contributed by atoms with Gasteiger partial charge in [0.05, 0.1) is 26.0 Å². The first-order valence-electron chi connectivity index (χ1n) is 11.7. The Morgan fingerprint density at radius 3 is 2.15 bits per heavy atom. The molecule has 1 aliphatic carbocycles. The molecule has 0 aliphatic heterocycles. The van der Waals surface area contributed by atoms with Crippen LogP contribution in [0, 0.1) is 24.5 Å². The van der Waals surface area contributed by atoms with Gasteiger partial charge in [0.25, 0.3) is 0 Å². The van der Waals surface area contributed by atoms with Crippen LogP contribution in [0.15, 0.2) is 36.4 Å². The van der Waals surface area contributed by atoms with E-state index in [0.29, 0.717) is 11.1 Å². The summed E-state index contributed by atoms with van der Waals surface area (Å²) in [5, 5.41) is 3.33. The van der Waals surface area contributed by atoms with Gasteiger partial charge >= 0.3 is 0 Å². The third-order valence-electron chi connectivity index (χ3n) is 6.57. The van der Waals surface area contributed by atoms with Crippen LogP contribution in [-0.2, 0) is 22.4 Å². The molecule has 2 atom stereocenters. The van der Waals surface area contributed by atoms with Crippen LogP contribution in [0.4, 0.5) is 14.5 Å². The molecule has 1 aliphatic rings. The summed E-state index contributed by atoms with van der Waals surface area (Å²) in [6.45, 7) is 2.84. The van der Waals surface area contributed by atoms with Gasteiger partial charge in [-0.2, -0.15) is 0 Å². The van der Waals surface area contributed by atoms with Crippen LogP contribution in [-0.4, -0.2) is 21.8 Å². The molecule has 3 aromatic carbocycles. The number of carbonyl (C=O) groups excluding carboxylic acids is 3. The van der Waals surface area contributed by atoms with Crippen molar-refractivity contribution < 1.29 is 23.2 Å². The van der Waals surface area contributed by atoms with Gasteiger partial charge in [0.1, 0.15) is 21.8 Å². The zero-order valence-electron chi connectivity index (χ0n) is 20.8. The monoisotopic (exact) mass is 665 g/mol. The highest BCUT2D eigenvalue weighted by atomic mass is 35.5. The summed E-state index contributed by atoms with van der Waals surface area (Å²) in [5.74, 6) is -4.91. The van der Waals surface area contributed by atoms with Crippen molar-refractivity contribution in [2.75, 3.05) is 5.32 Å². The van der Waals surface area contributed by atoms with Gasteiger partial charge in [-0.15, -0.1) is 23.2 Å². The molecule has 0 radical (unpaired) electrons. The number of amides is 1. The molecule has 1 fully saturated rings. The fourth-order valence-corrected chi connectivity index (χ4v) is 6.20. The van der Waals surface area contributed by atoms with Crippen molar-refractivity contribution in [1.29, 1.82) is 0 Å². The molecule has 0 heterocycles. The Bertz CT molecular complexity index is 1550. The van der Waals surface area contributed by atoms with Crippen molar-refractivity contribution in [3.8, 4) is 0 Å². The maximum atomic E-state index is 14.9. The number of aryl methyl sites for hydroxylation is 1. The zero-order chi connectivity index (χ0) is 29.7. The van der Waals surface area contributed by atoms with E-state index in [9.17, 15) is 23.2 Å². The number of ketones is 2. The Hall–Kier alpha value is -1.93. The van der Waals surface area contributed by atoms with E-state index in [2.05, 4.69) is 5.32 Å². The Labute approximate surface area is 258 Å². The highest BCUT2D eigenvalue weighted by molar-refractivity contribution is 6.54. The van der Waals surface area contributed by atoms with E-state index in [4.69, 9.17) is 69.6 Å². The number of rotatable bonds is 8. The smallest absolute Gasteiger partial charge is 0.231 e. The number of hydrogen-bond donors (Lipinski definition) is 1. The summed E-state index contributed by atoms with van der Waals surface area (Å²) in [4.78, 5) is 37.8. The maximum absolute atomic E-state index is 14.9. The van der Waals surface area contributed by atoms with Crippen LogP contribution >= 0.6 is 69.6 Å². The molecule has 0 bridgehead atoms. The van der Waals surface area contributed by atoms with Gasteiger partial charge in [-0.25, -0.2) is 8.78 Å². The van der Waals surface area contributed by atoms with Gasteiger partial charge in [-0.05, 0) is 60.9 Å². The number of hydrogen-bond acceptors (Lipinski definition) is 3.